The van der Waals surface area contributed by atoms with Gasteiger partial charge in [-0.2, -0.15) is 5.26 Å². The molecule has 1 aromatic heterocycles. The van der Waals surface area contributed by atoms with Gasteiger partial charge in [-0.05, 0) is 59.2 Å². The first-order chi connectivity index (χ1) is 26.1. The molecule has 0 saturated heterocycles. The van der Waals surface area contributed by atoms with Crippen LogP contribution in [-0.2, 0) is 5.60 Å². The summed E-state index contributed by atoms with van der Waals surface area (Å²) in [7, 11) is 0. The van der Waals surface area contributed by atoms with E-state index in [1.807, 2.05) is 170 Å². The third kappa shape index (κ3) is 5.73. The molecule has 8 aromatic rings. The van der Waals surface area contributed by atoms with Gasteiger partial charge in [-0.1, -0.05) is 140 Å². The van der Waals surface area contributed by atoms with Gasteiger partial charge in [0, 0.05) is 38.9 Å². The molecule has 53 heavy (non-hydrogen) atoms. The van der Waals surface area contributed by atoms with E-state index in [1.54, 1.807) is 6.07 Å². The summed E-state index contributed by atoms with van der Waals surface area (Å²) < 4.78 is 22.3. The van der Waals surface area contributed by atoms with Crippen LogP contribution in [0.15, 0.2) is 182 Å². The highest BCUT2D eigenvalue weighted by molar-refractivity contribution is 5.84. The van der Waals surface area contributed by atoms with Crippen LogP contribution >= 0.6 is 0 Å². The van der Waals surface area contributed by atoms with Gasteiger partial charge in [-0.15, -0.1) is 0 Å². The maximum Gasteiger partial charge on any atom is 0.185 e. The number of ether oxygens (including phenoxy) is 1. The van der Waals surface area contributed by atoms with E-state index in [2.05, 4.69) is 6.07 Å². The lowest BCUT2D eigenvalue weighted by atomic mass is 9.75. The van der Waals surface area contributed by atoms with Crippen molar-refractivity contribution >= 4 is 0 Å². The van der Waals surface area contributed by atoms with Crippen LogP contribution in [0.4, 0.5) is 4.39 Å². The minimum Gasteiger partial charge on any atom is -0.472 e. The molecule has 4 nitrogen and oxygen atoms in total. The molecule has 0 aliphatic carbocycles. The molecule has 0 atom stereocenters. The predicted octanol–water partition coefficient (Wildman–Crippen LogP) is 11.5. The number of nitriles is 1. The minimum absolute atomic E-state index is 0.323. The number of benzene rings is 7. The van der Waals surface area contributed by atoms with Crippen molar-refractivity contribution in [2.75, 3.05) is 0 Å². The number of rotatable bonds is 6. The molecule has 0 fully saturated rings. The van der Waals surface area contributed by atoms with Crippen molar-refractivity contribution in [3.63, 3.8) is 0 Å². The Hall–Kier alpha value is -7.16. The standard InChI is InChI=1S/C48H30FN3O/c49-40-22-24-43-42(29-40)41-23-21-35(28-46(41)53-48(43,38-17-9-3-10-18-38)39-19-11-4-12-20-39)36-25-32(31-50)26-37(27-36)45-30-44(33-13-5-1-6-14-33)51-47(52-45)34-15-7-2-8-16-34/h1-30H. The molecule has 0 saturated carbocycles. The average Bonchev–Trinajstić information content (AvgIpc) is 3.24. The Labute approximate surface area is 307 Å². The lowest BCUT2D eigenvalue weighted by molar-refractivity contribution is 0.152. The van der Waals surface area contributed by atoms with Gasteiger partial charge in [0.1, 0.15) is 11.6 Å². The van der Waals surface area contributed by atoms with Crippen molar-refractivity contribution in [2.45, 2.75) is 5.60 Å². The molecule has 1 aliphatic rings. The molecular formula is C48H30FN3O. The number of aromatic nitrogens is 2. The Balaban J connectivity index is 1.22. The summed E-state index contributed by atoms with van der Waals surface area (Å²) in [5, 5.41) is 10.3. The van der Waals surface area contributed by atoms with E-state index in [4.69, 9.17) is 14.7 Å². The van der Waals surface area contributed by atoms with Crippen molar-refractivity contribution in [1.82, 2.24) is 9.97 Å². The lowest BCUT2D eigenvalue weighted by Crippen LogP contribution is -2.38. The normalized spacial score (nSPS) is 12.5. The smallest absolute Gasteiger partial charge is 0.185 e. The van der Waals surface area contributed by atoms with E-state index in [9.17, 15) is 5.26 Å². The van der Waals surface area contributed by atoms with Gasteiger partial charge >= 0.3 is 0 Å². The zero-order chi connectivity index (χ0) is 35.8. The SMILES string of the molecule is N#Cc1cc(-c2ccc3c(c2)OC(c2ccccc2)(c2ccccc2)c2ccc(F)cc2-3)cc(-c2cc(-c3ccccc3)nc(-c3ccccc3)n2)c1. The van der Waals surface area contributed by atoms with Crippen LogP contribution in [0, 0.1) is 17.1 Å². The van der Waals surface area contributed by atoms with Gasteiger partial charge in [0.25, 0.3) is 0 Å². The van der Waals surface area contributed by atoms with Crippen LogP contribution in [0.3, 0.4) is 0 Å². The van der Waals surface area contributed by atoms with Crippen LogP contribution in [0.2, 0.25) is 0 Å². The highest BCUT2D eigenvalue weighted by Gasteiger charge is 2.44. The average molecular weight is 684 g/mol. The van der Waals surface area contributed by atoms with E-state index in [1.165, 1.54) is 6.07 Å². The van der Waals surface area contributed by atoms with Gasteiger partial charge < -0.3 is 4.74 Å². The Kier molecular flexibility index (Phi) is 7.91. The monoisotopic (exact) mass is 683 g/mol. The van der Waals surface area contributed by atoms with Crippen molar-refractivity contribution in [3.05, 3.63) is 210 Å². The van der Waals surface area contributed by atoms with Crippen LogP contribution < -0.4 is 4.74 Å². The first-order valence-electron chi connectivity index (χ1n) is 17.4. The van der Waals surface area contributed by atoms with Crippen molar-refractivity contribution in [3.8, 4) is 68.0 Å². The zero-order valence-electron chi connectivity index (χ0n) is 28.4. The van der Waals surface area contributed by atoms with Gasteiger partial charge in [0.2, 0.25) is 0 Å². The largest absolute Gasteiger partial charge is 0.472 e. The molecular weight excluding hydrogens is 654 g/mol. The van der Waals surface area contributed by atoms with Gasteiger partial charge in [0.15, 0.2) is 11.4 Å². The molecule has 7 aromatic carbocycles. The maximum atomic E-state index is 15.1. The molecule has 0 bridgehead atoms. The van der Waals surface area contributed by atoms with Gasteiger partial charge in [0.05, 0.1) is 23.0 Å². The molecule has 5 heteroatoms. The van der Waals surface area contributed by atoms with Crippen molar-refractivity contribution in [2.24, 2.45) is 0 Å². The first-order valence-corrected chi connectivity index (χ1v) is 17.4. The highest BCUT2D eigenvalue weighted by atomic mass is 19.1. The molecule has 250 valence electrons. The molecule has 0 N–H and O–H groups in total. The Bertz CT molecular complexity index is 2560. The zero-order valence-corrected chi connectivity index (χ0v) is 28.4. The second-order valence-corrected chi connectivity index (χ2v) is 13.0. The van der Waals surface area contributed by atoms with E-state index in [-0.39, 0.29) is 5.82 Å². The van der Waals surface area contributed by atoms with E-state index >= 15 is 4.39 Å². The van der Waals surface area contributed by atoms with Crippen molar-refractivity contribution < 1.29 is 9.13 Å². The maximum absolute atomic E-state index is 15.1. The highest BCUT2D eigenvalue weighted by Crippen LogP contribution is 2.52. The number of hydrogen-bond donors (Lipinski definition) is 0. The van der Waals surface area contributed by atoms with E-state index in [0.29, 0.717) is 22.8 Å². The summed E-state index contributed by atoms with van der Waals surface area (Å²) in [6, 6.07) is 61.0. The summed E-state index contributed by atoms with van der Waals surface area (Å²) in [6.07, 6.45) is 0. The molecule has 0 amide bonds. The first kappa shape index (κ1) is 31.8. The van der Waals surface area contributed by atoms with Crippen LogP contribution in [0.1, 0.15) is 22.3 Å². The quantitative estimate of drug-likeness (QED) is 0.175. The van der Waals surface area contributed by atoms with E-state index in [0.717, 1.165) is 61.3 Å². The second-order valence-electron chi connectivity index (χ2n) is 13.0. The summed E-state index contributed by atoms with van der Waals surface area (Å²) in [6.45, 7) is 0. The molecule has 9 rings (SSSR count). The Morgan fingerprint density at radius 3 is 1.72 bits per heavy atom. The van der Waals surface area contributed by atoms with Crippen LogP contribution in [0.5, 0.6) is 5.75 Å². The second kappa shape index (κ2) is 13.2. The van der Waals surface area contributed by atoms with Gasteiger partial charge in [-0.3, -0.25) is 0 Å². The molecule has 2 heterocycles. The number of hydrogen-bond acceptors (Lipinski definition) is 4. The lowest BCUT2D eigenvalue weighted by Gasteiger charge is -2.41. The topological polar surface area (TPSA) is 58.8 Å². The molecule has 0 radical (unpaired) electrons. The minimum atomic E-state index is -1.04. The fourth-order valence-corrected chi connectivity index (χ4v) is 7.29. The third-order valence-electron chi connectivity index (χ3n) is 9.78. The number of nitrogens with zero attached hydrogens (tertiary/aromatic N) is 3. The molecule has 0 spiro atoms. The number of fused-ring (bicyclic) bond motifs is 3. The number of halogens is 1. The van der Waals surface area contributed by atoms with E-state index < -0.39 is 5.60 Å². The Morgan fingerprint density at radius 1 is 0.491 bits per heavy atom. The summed E-state index contributed by atoms with van der Waals surface area (Å²) in [5.41, 5.74) is 9.51. The summed E-state index contributed by atoms with van der Waals surface area (Å²) >= 11 is 0. The fraction of sp³-hybridized carbons (Fsp3) is 0.0208. The molecule has 1 aliphatic heterocycles. The Morgan fingerprint density at radius 2 is 1.08 bits per heavy atom. The third-order valence-corrected chi connectivity index (χ3v) is 9.78. The van der Waals surface area contributed by atoms with Crippen molar-refractivity contribution in [1.29, 1.82) is 5.26 Å². The van der Waals surface area contributed by atoms with Crippen LogP contribution in [0.25, 0.3) is 56.2 Å². The predicted molar refractivity (Wildman–Crippen MR) is 207 cm³/mol. The molecule has 0 unspecified atom stereocenters. The fourth-order valence-electron chi connectivity index (χ4n) is 7.29. The van der Waals surface area contributed by atoms with Crippen LogP contribution in [-0.4, -0.2) is 9.97 Å². The summed E-state index contributed by atoms with van der Waals surface area (Å²) in [5.74, 6) is 0.880. The van der Waals surface area contributed by atoms with Gasteiger partial charge in [-0.25, -0.2) is 14.4 Å². The summed E-state index contributed by atoms with van der Waals surface area (Å²) in [4.78, 5) is 9.96.